The molecule has 0 heterocycles. The molecule has 0 aromatic heterocycles. The number of anilines is 1. The molecule has 0 bridgehead atoms. The molecule has 1 amide bonds. The van der Waals surface area contributed by atoms with Gasteiger partial charge < -0.3 is 20.5 Å². The molecule has 0 radical (unpaired) electrons. The van der Waals surface area contributed by atoms with Crippen LogP contribution in [0.5, 0.6) is 0 Å². The normalized spacial score (nSPS) is 11.6. The van der Waals surface area contributed by atoms with Crippen LogP contribution in [0.1, 0.15) is 30.6 Å². The molecule has 3 N–H and O–H groups in total. The number of hydrogen-bond donors (Lipinski definition) is 3. The van der Waals surface area contributed by atoms with Crippen molar-refractivity contribution < 1.29 is 19.4 Å². The van der Waals surface area contributed by atoms with Gasteiger partial charge in [0.1, 0.15) is 0 Å². The second kappa shape index (κ2) is 8.97. The third-order valence-corrected chi connectivity index (χ3v) is 2.93. The van der Waals surface area contributed by atoms with Gasteiger partial charge in [0.2, 0.25) is 0 Å². The van der Waals surface area contributed by atoms with Crippen molar-refractivity contribution in [2.45, 2.75) is 26.3 Å². The molecular formula is C15H22N2O4. The standard InChI is InChI=1S/C15H22N2O4/c1-3-11(2)17-14(19)10-21-15(20)12-6-4-5-7-13(12)16-8-9-18/h4-7,11,16,18H,3,8-10H2,1-2H3,(H,17,19)/t11-/m1/s1. The zero-order chi connectivity index (χ0) is 15.7. The molecule has 1 atom stereocenters. The largest absolute Gasteiger partial charge is 0.452 e. The van der Waals surface area contributed by atoms with Crippen molar-refractivity contribution in [1.82, 2.24) is 5.32 Å². The van der Waals surface area contributed by atoms with Crippen molar-refractivity contribution in [3.05, 3.63) is 29.8 Å². The monoisotopic (exact) mass is 294 g/mol. The van der Waals surface area contributed by atoms with E-state index in [-0.39, 0.29) is 25.2 Å². The van der Waals surface area contributed by atoms with Crippen LogP contribution in [0.25, 0.3) is 0 Å². The number of aliphatic hydroxyl groups is 1. The first kappa shape index (κ1) is 17.0. The third kappa shape index (κ3) is 5.83. The molecule has 1 aromatic rings. The zero-order valence-corrected chi connectivity index (χ0v) is 12.4. The van der Waals surface area contributed by atoms with E-state index >= 15 is 0 Å². The van der Waals surface area contributed by atoms with Crippen LogP contribution >= 0.6 is 0 Å². The molecule has 116 valence electrons. The molecule has 0 aliphatic carbocycles. The quantitative estimate of drug-likeness (QED) is 0.626. The number of carbonyl (C=O) groups excluding carboxylic acids is 2. The average Bonchev–Trinajstić information content (AvgIpc) is 2.50. The highest BCUT2D eigenvalue weighted by Gasteiger charge is 2.14. The first-order valence-electron chi connectivity index (χ1n) is 6.98. The van der Waals surface area contributed by atoms with Crippen LogP contribution in [-0.4, -0.2) is 42.8 Å². The number of carbonyl (C=O) groups is 2. The van der Waals surface area contributed by atoms with Gasteiger partial charge in [0, 0.05) is 18.3 Å². The first-order chi connectivity index (χ1) is 10.1. The molecule has 0 fully saturated rings. The molecule has 0 saturated heterocycles. The van der Waals surface area contributed by atoms with E-state index in [4.69, 9.17) is 9.84 Å². The van der Waals surface area contributed by atoms with E-state index in [1.165, 1.54) is 0 Å². The van der Waals surface area contributed by atoms with Gasteiger partial charge in [-0.3, -0.25) is 4.79 Å². The van der Waals surface area contributed by atoms with Gasteiger partial charge in [-0.05, 0) is 25.5 Å². The molecule has 0 saturated carbocycles. The predicted molar refractivity (Wildman–Crippen MR) is 80.2 cm³/mol. The summed E-state index contributed by atoms with van der Waals surface area (Å²) in [5, 5.41) is 14.5. The lowest BCUT2D eigenvalue weighted by atomic mass is 10.2. The van der Waals surface area contributed by atoms with Crippen molar-refractivity contribution in [3.63, 3.8) is 0 Å². The molecule has 1 aromatic carbocycles. The van der Waals surface area contributed by atoms with Gasteiger partial charge in [-0.1, -0.05) is 19.1 Å². The van der Waals surface area contributed by atoms with E-state index in [1.807, 2.05) is 13.8 Å². The molecule has 0 aliphatic rings. The summed E-state index contributed by atoms with van der Waals surface area (Å²) in [5.74, 6) is -0.895. The van der Waals surface area contributed by atoms with E-state index < -0.39 is 5.97 Å². The zero-order valence-electron chi connectivity index (χ0n) is 12.4. The Morgan fingerprint density at radius 3 is 2.71 bits per heavy atom. The SMILES string of the molecule is CC[C@@H](C)NC(=O)COC(=O)c1ccccc1NCCO. The number of aliphatic hydroxyl groups excluding tert-OH is 1. The van der Waals surface area contributed by atoms with E-state index in [0.29, 0.717) is 17.8 Å². The van der Waals surface area contributed by atoms with E-state index in [9.17, 15) is 9.59 Å². The van der Waals surface area contributed by atoms with Crippen molar-refractivity contribution in [2.75, 3.05) is 25.1 Å². The Balaban J connectivity index is 2.57. The molecule has 1 rings (SSSR count). The summed E-state index contributed by atoms with van der Waals surface area (Å²) < 4.78 is 5.00. The molecule has 0 unspecified atom stereocenters. The number of hydrogen-bond acceptors (Lipinski definition) is 5. The maximum atomic E-state index is 12.0. The van der Waals surface area contributed by atoms with E-state index in [1.54, 1.807) is 24.3 Å². The van der Waals surface area contributed by atoms with Gasteiger partial charge in [-0.25, -0.2) is 4.79 Å². The number of amides is 1. The number of benzene rings is 1. The summed E-state index contributed by atoms with van der Waals surface area (Å²) in [5.41, 5.74) is 0.904. The summed E-state index contributed by atoms with van der Waals surface area (Å²) in [6.07, 6.45) is 0.813. The van der Waals surface area contributed by atoms with Gasteiger partial charge in [-0.15, -0.1) is 0 Å². The van der Waals surface area contributed by atoms with E-state index in [2.05, 4.69) is 10.6 Å². The number of nitrogens with one attached hydrogen (secondary N) is 2. The number of rotatable bonds is 8. The lowest BCUT2D eigenvalue weighted by Gasteiger charge is -2.13. The summed E-state index contributed by atoms with van der Waals surface area (Å²) in [6, 6.07) is 6.85. The second-order valence-corrected chi connectivity index (χ2v) is 4.65. The highest BCUT2D eigenvalue weighted by atomic mass is 16.5. The van der Waals surface area contributed by atoms with Crippen LogP contribution in [0.3, 0.4) is 0 Å². The Morgan fingerprint density at radius 1 is 1.33 bits per heavy atom. The molecule has 21 heavy (non-hydrogen) atoms. The number of esters is 1. The third-order valence-electron chi connectivity index (χ3n) is 2.93. The van der Waals surface area contributed by atoms with Crippen molar-refractivity contribution in [1.29, 1.82) is 0 Å². The molecule has 6 nitrogen and oxygen atoms in total. The Bertz CT molecular complexity index is 476. The predicted octanol–water partition coefficient (Wildman–Crippen LogP) is 1.16. The van der Waals surface area contributed by atoms with Gasteiger partial charge in [-0.2, -0.15) is 0 Å². The van der Waals surface area contributed by atoms with Crippen LogP contribution in [0.2, 0.25) is 0 Å². The van der Waals surface area contributed by atoms with E-state index in [0.717, 1.165) is 6.42 Å². The lowest BCUT2D eigenvalue weighted by molar-refractivity contribution is -0.124. The van der Waals surface area contributed by atoms with Crippen LogP contribution < -0.4 is 10.6 Å². The summed E-state index contributed by atoms with van der Waals surface area (Å²) in [7, 11) is 0. The van der Waals surface area contributed by atoms with Gasteiger partial charge in [0.15, 0.2) is 6.61 Å². The Labute approximate surface area is 124 Å². The fourth-order valence-electron chi connectivity index (χ4n) is 1.63. The minimum atomic E-state index is -0.574. The Hall–Kier alpha value is -2.08. The van der Waals surface area contributed by atoms with Crippen LogP contribution in [-0.2, 0) is 9.53 Å². The fraction of sp³-hybridized carbons (Fsp3) is 0.467. The second-order valence-electron chi connectivity index (χ2n) is 4.65. The molecule has 0 aliphatic heterocycles. The van der Waals surface area contributed by atoms with Crippen LogP contribution in [0.15, 0.2) is 24.3 Å². The van der Waals surface area contributed by atoms with Gasteiger partial charge in [0.25, 0.3) is 5.91 Å². The average molecular weight is 294 g/mol. The topological polar surface area (TPSA) is 87.7 Å². The minimum absolute atomic E-state index is 0.0410. The smallest absolute Gasteiger partial charge is 0.340 e. The Morgan fingerprint density at radius 2 is 2.05 bits per heavy atom. The summed E-state index contributed by atoms with van der Waals surface area (Å²) in [4.78, 5) is 23.6. The van der Waals surface area contributed by atoms with Gasteiger partial charge in [0.05, 0.1) is 12.2 Å². The van der Waals surface area contributed by atoms with Gasteiger partial charge >= 0.3 is 5.97 Å². The molecular weight excluding hydrogens is 272 g/mol. The fourth-order valence-corrected chi connectivity index (χ4v) is 1.63. The first-order valence-corrected chi connectivity index (χ1v) is 6.98. The Kier molecular flexibility index (Phi) is 7.25. The van der Waals surface area contributed by atoms with Crippen molar-refractivity contribution >= 4 is 17.6 Å². The molecule has 6 heteroatoms. The van der Waals surface area contributed by atoms with Crippen LogP contribution in [0, 0.1) is 0 Å². The highest BCUT2D eigenvalue weighted by Crippen LogP contribution is 2.15. The maximum Gasteiger partial charge on any atom is 0.340 e. The molecule has 0 spiro atoms. The number of ether oxygens (including phenoxy) is 1. The maximum absolute atomic E-state index is 12.0. The highest BCUT2D eigenvalue weighted by molar-refractivity contribution is 5.96. The summed E-state index contributed by atoms with van der Waals surface area (Å²) in [6.45, 7) is 3.82. The summed E-state index contributed by atoms with van der Waals surface area (Å²) >= 11 is 0. The van der Waals surface area contributed by atoms with Crippen molar-refractivity contribution in [3.8, 4) is 0 Å². The minimum Gasteiger partial charge on any atom is -0.452 e. The number of para-hydroxylation sites is 1. The lowest BCUT2D eigenvalue weighted by Crippen LogP contribution is -2.35. The van der Waals surface area contributed by atoms with Crippen molar-refractivity contribution in [2.24, 2.45) is 0 Å². The van der Waals surface area contributed by atoms with Crippen LogP contribution in [0.4, 0.5) is 5.69 Å².